The van der Waals surface area contributed by atoms with Crippen LogP contribution in [0.15, 0.2) is 14.7 Å². The number of rotatable bonds is 7. The summed E-state index contributed by atoms with van der Waals surface area (Å²) in [7, 11) is 3.06. The van der Waals surface area contributed by atoms with Crippen molar-refractivity contribution >= 4 is 40.3 Å². The first kappa shape index (κ1) is 18.5. The lowest BCUT2D eigenvalue weighted by molar-refractivity contribution is 0.708. The summed E-state index contributed by atoms with van der Waals surface area (Å²) in [6.45, 7) is 3.72. The van der Waals surface area contributed by atoms with Gasteiger partial charge in [-0.2, -0.15) is 0 Å². The molecule has 0 amide bonds. The van der Waals surface area contributed by atoms with Crippen LogP contribution in [0.1, 0.15) is 19.8 Å². The first-order valence-corrected chi connectivity index (χ1v) is 9.15. The van der Waals surface area contributed by atoms with Gasteiger partial charge in [-0.3, -0.25) is 13.9 Å². The molecule has 0 radical (unpaired) electrons. The summed E-state index contributed by atoms with van der Waals surface area (Å²) < 4.78 is 2.44. The number of hydrogen-bond donors (Lipinski definition) is 3. The lowest BCUT2D eigenvalue weighted by Crippen LogP contribution is -2.36. The molecule has 0 aromatic carbocycles. The van der Waals surface area contributed by atoms with E-state index < -0.39 is 0 Å². The van der Waals surface area contributed by atoms with Gasteiger partial charge in [0.15, 0.2) is 21.4 Å². The summed E-state index contributed by atoms with van der Waals surface area (Å²) in [5.41, 5.74) is -0.00635. The monoisotopic (exact) mass is 370 g/mol. The van der Waals surface area contributed by atoms with Crippen LogP contribution in [-0.4, -0.2) is 43.1 Å². The summed E-state index contributed by atoms with van der Waals surface area (Å²) in [4.78, 5) is 31.3. The molecule has 0 bridgehead atoms. The third kappa shape index (κ3) is 4.18. The van der Waals surface area contributed by atoms with Crippen molar-refractivity contribution in [2.24, 2.45) is 14.1 Å². The highest BCUT2D eigenvalue weighted by Gasteiger charge is 2.13. The molecule has 132 valence electrons. The highest BCUT2D eigenvalue weighted by molar-refractivity contribution is 7.99. The van der Waals surface area contributed by atoms with Crippen LogP contribution >= 0.6 is 24.0 Å². The van der Waals surface area contributed by atoms with E-state index in [1.165, 1.54) is 23.4 Å². The molecule has 0 aliphatic heterocycles. The summed E-state index contributed by atoms with van der Waals surface area (Å²) in [5.74, 6) is 0.817. The number of fused-ring (bicyclic) bond motifs is 1. The SMILES string of the molecule is CCCNC(=S)NCCCSc1nc2c([nH]1)c(=O)n(C)c(=O)n2C. The molecule has 0 atom stereocenters. The topological polar surface area (TPSA) is 96.7 Å². The lowest BCUT2D eigenvalue weighted by atomic mass is 10.5. The Bertz CT molecular complexity index is 838. The molecule has 8 nitrogen and oxygen atoms in total. The fourth-order valence-electron chi connectivity index (χ4n) is 2.12. The Balaban J connectivity index is 1.92. The summed E-state index contributed by atoms with van der Waals surface area (Å²) >= 11 is 6.65. The minimum atomic E-state index is -0.382. The second-order valence-electron chi connectivity index (χ2n) is 5.33. The number of aryl methyl sites for hydroxylation is 1. The summed E-state index contributed by atoms with van der Waals surface area (Å²) in [6.07, 6.45) is 1.93. The molecule has 0 aliphatic rings. The lowest BCUT2D eigenvalue weighted by Gasteiger charge is -2.08. The molecule has 3 N–H and O–H groups in total. The molecule has 10 heteroatoms. The van der Waals surface area contributed by atoms with Gasteiger partial charge in [0.05, 0.1) is 0 Å². The Hall–Kier alpha value is -1.81. The van der Waals surface area contributed by atoms with Gasteiger partial charge in [0.1, 0.15) is 0 Å². The molecule has 0 aliphatic carbocycles. The van der Waals surface area contributed by atoms with Gasteiger partial charge >= 0.3 is 5.69 Å². The van der Waals surface area contributed by atoms with Gasteiger partial charge in [-0.05, 0) is 25.1 Å². The molecular formula is C14H22N6O2S2. The first-order chi connectivity index (χ1) is 11.5. The normalized spacial score (nSPS) is 11.0. The van der Waals surface area contributed by atoms with Crippen molar-refractivity contribution in [2.45, 2.75) is 24.9 Å². The van der Waals surface area contributed by atoms with Crippen LogP contribution in [0.5, 0.6) is 0 Å². The average Bonchev–Trinajstić information content (AvgIpc) is 3.00. The molecule has 2 rings (SSSR count). The zero-order chi connectivity index (χ0) is 17.7. The van der Waals surface area contributed by atoms with E-state index in [-0.39, 0.29) is 11.2 Å². The molecule has 0 spiro atoms. The molecule has 0 saturated carbocycles. The van der Waals surface area contributed by atoms with E-state index in [1.54, 1.807) is 7.05 Å². The van der Waals surface area contributed by atoms with Crippen LogP contribution in [-0.2, 0) is 14.1 Å². The van der Waals surface area contributed by atoms with Gasteiger partial charge in [0.2, 0.25) is 0 Å². The number of thiocarbonyl (C=S) groups is 1. The van der Waals surface area contributed by atoms with Crippen molar-refractivity contribution < 1.29 is 0 Å². The van der Waals surface area contributed by atoms with E-state index in [9.17, 15) is 9.59 Å². The number of aromatic nitrogens is 4. The van der Waals surface area contributed by atoms with Gasteiger partial charge in [-0.25, -0.2) is 9.78 Å². The number of H-pyrrole nitrogens is 1. The Morgan fingerprint density at radius 3 is 2.67 bits per heavy atom. The highest BCUT2D eigenvalue weighted by Crippen LogP contribution is 2.17. The van der Waals surface area contributed by atoms with Crippen LogP contribution in [0.4, 0.5) is 0 Å². The third-order valence-electron chi connectivity index (χ3n) is 3.45. The second-order valence-corrected chi connectivity index (χ2v) is 6.82. The van der Waals surface area contributed by atoms with Crippen molar-refractivity contribution in [1.29, 1.82) is 0 Å². The Kier molecular flexibility index (Phi) is 6.44. The number of nitrogens with zero attached hydrogens (tertiary/aromatic N) is 3. The van der Waals surface area contributed by atoms with Crippen LogP contribution in [0.25, 0.3) is 11.2 Å². The maximum atomic E-state index is 12.1. The number of nitrogens with one attached hydrogen (secondary N) is 3. The minimum Gasteiger partial charge on any atom is -0.363 e. The largest absolute Gasteiger partial charge is 0.363 e. The quantitative estimate of drug-likeness (QED) is 0.367. The Morgan fingerprint density at radius 1 is 1.25 bits per heavy atom. The van der Waals surface area contributed by atoms with Crippen LogP contribution in [0.2, 0.25) is 0 Å². The van der Waals surface area contributed by atoms with Crippen molar-refractivity contribution in [3.05, 3.63) is 20.8 Å². The maximum Gasteiger partial charge on any atom is 0.332 e. The average molecular weight is 371 g/mol. The molecule has 24 heavy (non-hydrogen) atoms. The highest BCUT2D eigenvalue weighted by atomic mass is 32.2. The van der Waals surface area contributed by atoms with E-state index in [4.69, 9.17) is 12.2 Å². The van der Waals surface area contributed by atoms with Gasteiger partial charge in [-0.15, -0.1) is 0 Å². The maximum absolute atomic E-state index is 12.1. The number of imidazole rings is 1. The van der Waals surface area contributed by atoms with Crippen molar-refractivity contribution in [3.8, 4) is 0 Å². The number of aromatic amines is 1. The van der Waals surface area contributed by atoms with Gasteiger partial charge in [0.25, 0.3) is 5.56 Å². The molecule has 0 fully saturated rings. The van der Waals surface area contributed by atoms with Crippen LogP contribution in [0, 0.1) is 0 Å². The molecular weight excluding hydrogens is 348 g/mol. The van der Waals surface area contributed by atoms with E-state index in [1.807, 2.05) is 0 Å². The van der Waals surface area contributed by atoms with Gasteiger partial charge in [0, 0.05) is 32.9 Å². The standard InChI is InChI=1S/C14H22N6O2S2/c1-4-6-15-12(23)16-7-5-8-24-13-17-9-10(18-13)19(2)14(22)20(3)11(9)21/h4-8H2,1-3H3,(H,17,18)(H2,15,16,23). The molecule has 2 aromatic rings. The number of hydrogen-bond acceptors (Lipinski definition) is 5. The molecule has 0 unspecified atom stereocenters. The van der Waals surface area contributed by atoms with Crippen molar-refractivity contribution in [3.63, 3.8) is 0 Å². The van der Waals surface area contributed by atoms with E-state index in [2.05, 4.69) is 27.5 Å². The predicted octanol–water partition coefficient (Wildman–Crippen LogP) is 0.317. The van der Waals surface area contributed by atoms with Gasteiger partial charge < -0.3 is 15.6 Å². The minimum absolute atomic E-state index is 0.352. The molecule has 0 saturated heterocycles. The summed E-state index contributed by atoms with van der Waals surface area (Å²) in [6, 6.07) is 0. The number of thioether (sulfide) groups is 1. The van der Waals surface area contributed by atoms with Crippen LogP contribution in [0.3, 0.4) is 0 Å². The van der Waals surface area contributed by atoms with E-state index in [0.29, 0.717) is 21.4 Å². The Labute approximate surface area is 149 Å². The second kappa shape index (κ2) is 8.34. The third-order valence-corrected chi connectivity index (χ3v) is 4.70. The zero-order valence-corrected chi connectivity index (χ0v) is 15.6. The zero-order valence-electron chi connectivity index (χ0n) is 14.0. The molecule has 2 heterocycles. The smallest absolute Gasteiger partial charge is 0.332 e. The van der Waals surface area contributed by atoms with Gasteiger partial charge in [-0.1, -0.05) is 18.7 Å². The first-order valence-electron chi connectivity index (χ1n) is 7.76. The summed E-state index contributed by atoms with van der Waals surface area (Å²) in [5, 5.41) is 7.55. The fraction of sp³-hybridized carbons (Fsp3) is 0.571. The predicted molar refractivity (Wildman–Crippen MR) is 101 cm³/mol. The van der Waals surface area contributed by atoms with Crippen molar-refractivity contribution in [2.75, 3.05) is 18.8 Å². The van der Waals surface area contributed by atoms with E-state index >= 15 is 0 Å². The van der Waals surface area contributed by atoms with Crippen LogP contribution < -0.4 is 21.9 Å². The fourth-order valence-corrected chi connectivity index (χ4v) is 3.13. The molecule has 2 aromatic heterocycles. The van der Waals surface area contributed by atoms with E-state index in [0.717, 1.165) is 36.3 Å². The van der Waals surface area contributed by atoms with Crippen molar-refractivity contribution in [1.82, 2.24) is 29.7 Å². The Morgan fingerprint density at radius 2 is 1.96 bits per heavy atom.